The van der Waals surface area contributed by atoms with Crippen molar-refractivity contribution in [2.24, 2.45) is 0 Å². The minimum absolute atomic E-state index is 0.242. The van der Waals surface area contributed by atoms with Crippen LogP contribution < -0.4 is 20.4 Å². The highest BCUT2D eigenvalue weighted by molar-refractivity contribution is 5.98. The van der Waals surface area contributed by atoms with Gasteiger partial charge in [0.15, 0.2) is 6.10 Å². The number of benzene rings is 3. The molecule has 2 aliphatic heterocycles. The van der Waals surface area contributed by atoms with Crippen molar-refractivity contribution in [1.82, 2.24) is 0 Å². The molecule has 2 atom stereocenters. The molecule has 0 fully saturated rings. The third kappa shape index (κ3) is 3.27. The molecule has 4 aromatic rings. The third-order valence-electron chi connectivity index (χ3n) is 6.01. The second-order valence-corrected chi connectivity index (χ2v) is 8.05. The van der Waals surface area contributed by atoms with E-state index in [4.69, 9.17) is 13.9 Å². The van der Waals surface area contributed by atoms with Gasteiger partial charge in [-0.1, -0.05) is 48.5 Å². The third-order valence-corrected chi connectivity index (χ3v) is 6.01. The lowest BCUT2D eigenvalue weighted by Gasteiger charge is -2.24. The molecule has 0 saturated carbocycles. The number of rotatable bonds is 3. The first-order valence-electron chi connectivity index (χ1n) is 10.7. The molecule has 0 saturated heterocycles. The first kappa shape index (κ1) is 19.4. The molecule has 1 amide bonds. The van der Waals surface area contributed by atoms with E-state index < -0.39 is 17.6 Å². The maximum absolute atomic E-state index is 13.4. The van der Waals surface area contributed by atoms with E-state index in [2.05, 4.69) is 5.32 Å². The van der Waals surface area contributed by atoms with Crippen LogP contribution in [0.1, 0.15) is 17.0 Å². The number of carbonyl (C=O) groups is 1. The van der Waals surface area contributed by atoms with E-state index in [1.807, 2.05) is 60.7 Å². The molecule has 33 heavy (non-hydrogen) atoms. The summed E-state index contributed by atoms with van der Waals surface area (Å²) in [6.45, 7) is 0.242. The van der Waals surface area contributed by atoms with Gasteiger partial charge in [-0.25, -0.2) is 4.79 Å². The van der Waals surface area contributed by atoms with Crippen LogP contribution in [0.3, 0.4) is 0 Å². The highest BCUT2D eigenvalue weighted by Crippen LogP contribution is 2.46. The van der Waals surface area contributed by atoms with Gasteiger partial charge in [-0.05, 0) is 42.0 Å². The first-order valence-corrected chi connectivity index (χ1v) is 10.7. The number of fused-ring (bicyclic) bond motifs is 4. The predicted octanol–water partition coefficient (Wildman–Crippen LogP) is 4.75. The molecule has 6 rings (SSSR count). The largest absolute Gasteiger partial charge is 0.489 e. The smallest absolute Gasteiger partial charge is 0.344 e. The number of para-hydroxylation sites is 3. The van der Waals surface area contributed by atoms with Crippen LogP contribution in [-0.2, 0) is 4.79 Å². The highest BCUT2D eigenvalue weighted by atomic mass is 16.5. The SMILES string of the molecule is O=C(Nc1ccccc1)[C@H]1Oc2c(c(=O)oc3ccccc23)[C@@H]1C1=Cc2ccccc2OC1. The van der Waals surface area contributed by atoms with Crippen molar-refractivity contribution >= 4 is 28.6 Å². The molecule has 6 heteroatoms. The van der Waals surface area contributed by atoms with Crippen LogP contribution >= 0.6 is 0 Å². The maximum Gasteiger partial charge on any atom is 0.344 e. The van der Waals surface area contributed by atoms with Crippen LogP contribution in [0.2, 0.25) is 0 Å². The number of carbonyl (C=O) groups excluding carboxylic acids is 1. The van der Waals surface area contributed by atoms with Crippen LogP contribution in [-0.4, -0.2) is 18.6 Å². The molecule has 162 valence electrons. The number of hydrogen-bond acceptors (Lipinski definition) is 5. The zero-order chi connectivity index (χ0) is 22.4. The summed E-state index contributed by atoms with van der Waals surface area (Å²) in [6, 6.07) is 24.0. The zero-order valence-electron chi connectivity index (χ0n) is 17.5. The van der Waals surface area contributed by atoms with E-state index in [0.717, 1.165) is 16.9 Å². The van der Waals surface area contributed by atoms with E-state index in [-0.39, 0.29) is 12.5 Å². The van der Waals surface area contributed by atoms with Crippen LogP contribution in [0.25, 0.3) is 17.0 Å². The summed E-state index contributed by atoms with van der Waals surface area (Å²) >= 11 is 0. The Kier molecular flexibility index (Phi) is 4.50. The molecular weight excluding hydrogens is 418 g/mol. The Labute approximate surface area is 189 Å². The van der Waals surface area contributed by atoms with Crippen molar-refractivity contribution < 1.29 is 18.7 Å². The monoisotopic (exact) mass is 437 g/mol. The maximum atomic E-state index is 13.4. The molecule has 6 nitrogen and oxygen atoms in total. The van der Waals surface area contributed by atoms with Gasteiger partial charge in [0, 0.05) is 11.3 Å². The van der Waals surface area contributed by atoms with Crippen LogP contribution in [0, 0.1) is 0 Å². The lowest BCUT2D eigenvalue weighted by atomic mass is 9.86. The van der Waals surface area contributed by atoms with Gasteiger partial charge in [-0.15, -0.1) is 0 Å². The molecule has 3 aromatic carbocycles. The van der Waals surface area contributed by atoms with Gasteiger partial charge in [0.2, 0.25) is 0 Å². The van der Waals surface area contributed by atoms with E-state index in [1.165, 1.54) is 0 Å². The molecular formula is C27H19NO5. The van der Waals surface area contributed by atoms with Gasteiger partial charge in [0.1, 0.15) is 23.7 Å². The molecule has 0 radical (unpaired) electrons. The van der Waals surface area contributed by atoms with Crippen molar-refractivity contribution in [2.75, 3.05) is 11.9 Å². The Bertz CT molecular complexity index is 1470. The molecule has 0 spiro atoms. The molecule has 0 unspecified atom stereocenters. The fourth-order valence-corrected chi connectivity index (χ4v) is 4.51. The Morgan fingerprint density at radius 1 is 0.909 bits per heavy atom. The Morgan fingerprint density at radius 2 is 1.67 bits per heavy atom. The number of nitrogens with one attached hydrogen (secondary N) is 1. The van der Waals surface area contributed by atoms with Crippen LogP contribution in [0.4, 0.5) is 5.69 Å². The van der Waals surface area contributed by atoms with Crippen molar-refractivity contribution in [3.05, 3.63) is 106 Å². The molecule has 3 heterocycles. The van der Waals surface area contributed by atoms with E-state index in [1.54, 1.807) is 24.3 Å². The van der Waals surface area contributed by atoms with Crippen molar-refractivity contribution in [3.8, 4) is 11.5 Å². The fourth-order valence-electron chi connectivity index (χ4n) is 4.51. The summed E-state index contributed by atoms with van der Waals surface area (Å²) < 4.78 is 17.8. The lowest BCUT2D eigenvalue weighted by molar-refractivity contribution is -0.122. The fraction of sp³-hybridized carbons (Fsp3) is 0.111. The quantitative estimate of drug-likeness (QED) is 0.468. The predicted molar refractivity (Wildman–Crippen MR) is 125 cm³/mol. The van der Waals surface area contributed by atoms with E-state index >= 15 is 0 Å². The summed E-state index contributed by atoms with van der Waals surface area (Å²) in [4.78, 5) is 26.5. The number of hydrogen-bond donors (Lipinski definition) is 1. The summed E-state index contributed by atoms with van der Waals surface area (Å²) in [7, 11) is 0. The average molecular weight is 437 g/mol. The summed E-state index contributed by atoms with van der Waals surface area (Å²) in [6.07, 6.45) is 1.02. The highest BCUT2D eigenvalue weighted by Gasteiger charge is 2.45. The van der Waals surface area contributed by atoms with Gasteiger partial charge >= 0.3 is 5.63 Å². The molecule has 2 aliphatic rings. The van der Waals surface area contributed by atoms with Crippen molar-refractivity contribution in [2.45, 2.75) is 12.0 Å². The first-order chi connectivity index (χ1) is 16.2. The van der Waals surface area contributed by atoms with Gasteiger partial charge in [-0.2, -0.15) is 0 Å². The minimum Gasteiger partial charge on any atom is -0.489 e. The topological polar surface area (TPSA) is 77.8 Å². The zero-order valence-corrected chi connectivity index (χ0v) is 17.5. The molecule has 0 bridgehead atoms. The number of ether oxygens (including phenoxy) is 2. The van der Waals surface area contributed by atoms with Gasteiger partial charge in [-0.3, -0.25) is 4.79 Å². The Balaban J connectivity index is 1.49. The van der Waals surface area contributed by atoms with Gasteiger partial charge in [0.25, 0.3) is 5.91 Å². The normalized spacial score (nSPS) is 18.5. The Morgan fingerprint density at radius 3 is 2.55 bits per heavy atom. The number of anilines is 1. The Hall–Kier alpha value is -4.32. The molecule has 1 N–H and O–H groups in total. The molecule has 1 aromatic heterocycles. The second kappa shape index (κ2) is 7.67. The van der Waals surface area contributed by atoms with E-state index in [9.17, 15) is 9.59 Å². The molecule has 0 aliphatic carbocycles. The van der Waals surface area contributed by atoms with Crippen LogP contribution in [0.15, 0.2) is 93.6 Å². The van der Waals surface area contributed by atoms with Crippen molar-refractivity contribution in [3.63, 3.8) is 0 Å². The van der Waals surface area contributed by atoms with E-state index in [0.29, 0.717) is 28.0 Å². The summed E-state index contributed by atoms with van der Waals surface area (Å²) in [5.41, 5.74) is 2.57. The lowest BCUT2D eigenvalue weighted by Crippen LogP contribution is -2.37. The van der Waals surface area contributed by atoms with Crippen molar-refractivity contribution in [1.29, 1.82) is 0 Å². The number of amides is 1. The average Bonchev–Trinajstić information content (AvgIpc) is 3.26. The summed E-state index contributed by atoms with van der Waals surface area (Å²) in [5, 5.41) is 3.57. The van der Waals surface area contributed by atoms with Crippen LogP contribution in [0.5, 0.6) is 11.5 Å². The second-order valence-electron chi connectivity index (χ2n) is 8.05. The van der Waals surface area contributed by atoms with Gasteiger partial charge in [0.05, 0.1) is 16.9 Å². The minimum atomic E-state index is -0.950. The summed E-state index contributed by atoms with van der Waals surface area (Å²) in [5.74, 6) is 0.166. The standard InChI is InChI=1S/C27H19NO5/c29-26(28-18-9-2-1-3-10-18)25-22(17-14-16-8-4-6-12-20(16)31-15-17)23-24(33-25)19-11-5-7-13-21(19)32-27(23)30/h1-14,22,25H,15H2,(H,28,29)/t22-,25-/m0/s1. The van der Waals surface area contributed by atoms with Gasteiger partial charge < -0.3 is 19.2 Å².